The highest BCUT2D eigenvalue weighted by Gasteiger charge is 2.12. The molecule has 0 saturated heterocycles. The molecule has 3 N–H and O–H groups in total. The molecule has 0 amide bonds. The minimum absolute atomic E-state index is 0.111. The molecule has 0 fully saturated rings. The Morgan fingerprint density at radius 2 is 1.96 bits per heavy atom. The van der Waals surface area contributed by atoms with E-state index in [4.69, 9.17) is 11.6 Å². The smallest absolute Gasteiger partial charge is 0.227 e. The number of aromatic nitrogens is 3. The van der Waals surface area contributed by atoms with Gasteiger partial charge >= 0.3 is 0 Å². The van der Waals surface area contributed by atoms with E-state index >= 15 is 0 Å². The van der Waals surface area contributed by atoms with Crippen molar-refractivity contribution in [1.82, 2.24) is 15.0 Å². The van der Waals surface area contributed by atoms with E-state index in [0.717, 1.165) is 27.9 Å². The summed E-state index contributed by atoms with van der Waals surface area (Å²) in [7, 11) is 0. The highest BCUT2D eigenvalue weighted by molar-refractivity contribution is 6.33. The summed E-state index contributed by atoms with van der Waals surface area (Å²) in [6.07, 6.45) is 1.71. The van der Waals surface area contributed by atoms with Crippen LogP contribution >= 0.6 is 11.6 Å². The zero-order valence-corrected chi connectivity index (χ0v) is 14.2. The van der Waals surface area contributed by atoms with Gasteiger partial charge in [0.15, 0.2) is 0 Å². The van der Waals surface area contributed by atoms with Crippen LogP contribution in [0.15, 0.2) is 54.7 Å². The third-order valence-corrected chi connectivity index (χ3v) is 4.32. The minimum atomic E-state index is 0.111. The SMILES string of the molecule is Cc1[nH]c2ccccc2c1-c1ccnc(Nc2ccc(O)cc2Cl)n1. The fourth-order valence-electron chi connectivity index (χ4n) is 2.89. The van der Waals surface area contributed by atoms with E-state index in [-0.39, 0.29) is 5.75 Å². The summed E-state index contributed by atoms with van der Waals surface area (Å²) < 4.78 is 0. The molecule has 124 valence electrons. The molecule has 5 nitrogen and oxygen atoms in total. The lowest BCUT2D eigenvalue weighted by molar-refractivity contribution is 0.475. The molecule has 0 radical (unpaired) electrons. The fourth-order valence-corrected chi connectivity index (χ4v) is 3.11. The van der Waals surface area contributed by atoms with Crippen molar-refractivity contribution in [2.24, 2.45) is 0 Å². The number of phenolic OH excluding ortho intramolecular Hbond substituents is 1. The van der Waals surface area contributed by atoms with Gasteiger partial charge in [0.2, 0.25) is 5.95 Å². The number of benzene rings is 2. The summed E-state index contributed by atoms with van der Waals surface area (Å²) in [5.74, 6) is 0.550. The lowest BCUT2D eigenvalue weighted by Crippen LogP contribution is -1.98. The van der Waals surface area contributed by atoms with Crippen molar-refractivity contribution in [3.8, 4) is 17.0 Å². The molecule has 2 aromatic heterocycles. The summed E-state index contributed by atoms with van der Waals surface area (Å²) in [5, 5.41) is 14.1. The van der Waals surface area contributed by atoms with Gasteiger partial charge < -0.3 is 15.4 Å². The zero-order chi connectivity index (χ0) is 17.4. The van der Waals surface area contributed by atoms with Crippen LogP contribution in [0, 0.1) is 6.92 Å². The fraction of sp³-hybridized carbons (Fsp3) is 0.0526. The van der Waals surface area contributed by atoms with Gasteiger partial charge in [0.1, 0.15) is 5.75 Å². The first kappa shape index (κ1) is 15.5. The number of phenols is 1. The van der Waals surface area contributed by atoms with Crippen LogP contribution in [0.25, 0.3) is 22.2 Å². The molecule has 4 rings (SSSR count). The van der Waals surface area contributed by atoms with Gasteiger partial charge in [0.25, 0.3) is 0 Å². The first-order valence-corrected chi connectivity index (χ1v) is 8.16. The number of hydrogen-bond donors (Lipinski definition) is 3. The van der Waals surface area contributed by atoms with Crippen LogP contribution in [0.5, 0.6) is 5.75 Å². The number of aromatic amines is 1. The van der Waals surface area contributed by atoms with Crippen LogP contribution in [0.1, 0.15) is 5.69 Å². The number of halogens is 1. The summed E-state index contributed by atoms with van der Waals surface area (Å²) in [4.78, 5) is 12.3. The van der Waals surface area contributed by atoms with Crippen molar-refractivity contribution in [3.05, 3.63) is 65.4 Å². The number of nitrogens with zero attached hydrogens (tertiary/aromatic N) is 2. The Kier molecular flexibility index (Phi) is 3.78. The first-order valence-electron chi connectivity index (χ1n) is 7.78. The molecule has 2 heterocycles. The molecule has 25 heavy (non-hydrogen) atoms. The van der Waals surface area contributed by atoms with Gasteiger partial charge in [-0.25, -0.2) is 9.97 Å². The first-order chi connectivity index (χ1) is 12.1. The Morgan fingerprint density at radius 3 is 2.80 bits per heavy atom. The number of anilines is 2. The number of nitrogens with one attached hydrogen (secondary N) is 2. The Labute approximate surface area is 149 Å². The number of fused-ring (bicyclic) bond motifs is 1. The normalized spacial score (nSPS) is 11.0. The van der Waals surface area contributed by atoms with E-state index in [1.165, 1.54) is 6.07 Å². The van der Waals surface area contributed by atoms with Crippen LogP contribution in [-0.4, -0.2) is 20.1 Å². The van der Waals surface area contributed by atoms with Crippen LogP contribution in [0.4, 0.5) is 11.6 Å². The van der Waals surface area contributed by atoms with Gasteiger partial charge in [-0.3, -0.25) is 0 Å². The van der Waals surface area contributed by atoms with Crippen molar-refractivity contribution in [3.63, 3.8) is 0 Å². The van der Waals surface area contributed by atoms with E-state index in [2.05, 4.69) is 26.3 Å². The lowest BCUT2D eigenvalue weighted by atomic mass is 10.1. The highest BCUT2D eigenvalue weighted by Crippen LogP contribution is 2.32. The van der Waals surface area contributed by atoms with Crippen molar-refractivity contribution in [1.29, 1.82) is 0 Å². The van der Waals surface area contributed by atoms with E-state index in [9.17, 15) is 5.11 Å². The molecular formula is C19H15ClN4O. The minimum Gasteiger partial charge on any atom is -0.508 e. The van der Waals surface area contributed by atoms with Crippen molar-refractivity contribution >= 4 is 34.1 Å². The van der Waals surface area contributed by atoms with Crippen molar-refractivity contribution < 1.29 is 5.11 Å². The maximum Gasteiger partial charge on any atom is 0.227 e. The molecule has 0 unspecified atom stereocenters. The molecule has 6 heteroatoms. The van der Waals surface area contributed by atoms with Crippen LogP contribution in [0.2, 0.25) is 5.02 Å². The molecule has 0 bridgehead atoms. The topological polar surface area (TPSA) is 73.8 Å². The number of aryl methyl sites for hydroxylation is 1. The number of H-pyrrole nitrogens is 1. The van der Waals surface area contributed by atoms with Crippen LogP contribution in [0.3, 0.4) is 0 Å². The second-order valence-corrected chi connectivity index (χ2v) is 6.13. The van der Waals surface area contributed by atoms with Crippen LogP contribution < -0.4 is 5.32 Å². The van der Waals surface area contributed by atoms with Gasteiger partial charge in [0, 0.05) is 34.4 Å². The van der Waals surface area contributed by atoms with Crippen LogP contribution in [-0.2, 0) is 0 Å². The second kappa shape index (κ2) is 6.11. The predicted octanol–water partition coefficient (Wildman–Crippen LogP) is 5.04. The molecule has 4 aromatic rings. The summed E-state index contributed by atoms with van der Waals surface area (Å²) in [5.41, 5.74) is 4.63. The third-order valence-electron chi connectivity index (χ3n) is 4.00. The summed E-state index contributed by atoms with van der Waals surface area (Å²) in [6, 6.07) is 14.7. The predicted molar refractivity (Wildman–Crippen MR) is 100 cm³/mol. The number of aromatic hydroxyl groups is 1. The highest BCUT2D eigenvalue weighted by atomic mass is 35.5. The molecule has 0 saturated carbocycles. The molecule has 0 aliphatic carbocycles. The van der Waals surface area contributed by atoms with E-state index in [1.54, 1.807) is 18.3 Å². The van der Waals surface area contributed by atoms with E-state index in [0.29, 0.717) is 16.7 Å². The van der Waals surface area contributed by atoms with Gasteiger partial charge in [-0.2, -0.15) is 0 Å². The lowest BCUT2D eigenvalue weighted by Gasteiger charge is -2.08. The molecular weight excluding hydrogens is 336 g/mol. The zero-order valence-electron chi connectivity index (χ0n) is 13.4. The Morgan fingerprint density at radius 1 is 1.12 bits per heavy atom. The number of para-hydroxylation sites is 1. The largest absolute Gasteiger partial charge is 0.508 e. The second-order valence-electron chi connectivity index (χ2n) is 5.73. The average molecular weight is 351 g/mol. The summed E-state index contributed by atoms with van der Waals surface area (Å²) in [6.45, 7) is 2.03. The standard InChI is InChI=1S/C19H15ClN4O/c1-11-18(13-4-2-3-5-15(13)22-11)17-8-9-21-19(24-17)23-16-7-6-12(25)10-14(16)20/h2-10,22,25H,1H3,(H,21,23,24). The molecule has 0 spiro atoms. The molecule has 0 atom stereocenters. The van der Waals surface area contributed by atoms with E-state index in [1.807, 2.05) is 31.2 Å². The Hall–Kier alpha value is -3.05. The maximum absolute atomic E-state index is 9.46. The Balaban J connectivity index is 1.75. The van der Waals surface area contributed by atoms with Crippen molar-refractivity contribution in [2.45, 2.75) is 6.92 Å². The Bertz CT molecular complexity index is 1070. The van der Waals surface area contributed by atoms with Gasteiger partial charge in [-0.05, 0) is 31.2 Å². The van der Waals surface area contributed by atoms with Gasteiger partial charge in [0.05, 0.1) is 16.4 Å². The van der Waals surface area contributed by atoms with Crippen molar-refractivity contribution in [2.75, 3.05) is 5.32 Å². The summed E-state index contributed by atoms with van der Waals surface area (Å²) >= 11 is 6.14. The quantitative estimate of drug-likeness (QED) is 0.453. The third kappa shape index (κ3) is 2.90. The number of hydrogen-bond acceptors (Lipinski definition) is 4. The molecule has 2 aromatic carbocycles. The average Bonchev–Trinajstić information content (AvgIpc) is 2.93. The van der Waals surface area contributed by atoms with Gasteiger partial charge in [-0.1, -0.05) is 29.8 Å². The molecule has 0 aliphatic rings. The maximum atomic E-state index is 9.46. The molecule has 0 aliphatic heterocycles. The van der Waals surface area contributed by atoms with E-state index < -0.39 is 0 Å². The number of rotatable bonds is 3. The van der Waals surface area contributed by atoms with Gasteiger partial charge in [-0.15, -0.1) is 0 Å². The monoisotopic (exact) mass is 350 g/mol.